The van der Waals surface area contributed by atoms with Crippen LogP contribution in [-0.2, 0) is 50.9 Å². The molecule has 0 amide bonds. The van der Waals surface area contributed by atoms with Gasteiger partial charge >= 0.3 is 35.4 Å². The average Bonchev–Trinajstić information content (AvgIpc) is 3.28. The Hall–Kier alpha value is -2.15. The van der Waals surface area contributed by atoms with Crippen molar-refractivity contribution in [3.63, 3.8) is 0 Å². The van der Waals surface area contributed by atoms with Gasteiger partial charge in [0.25, 0.3) is 0 Å². The number of hydrogen-bond acceptors (Lipinski definition) is 14. The quantitative estimate of drug-likeness (QED) is 0.0122. The Morgan fingerprint density at radius 2 is 0.841 bits per heavy atom. The molecule has 0 spiro atoms. The summed E-state index contributed by atoms with van der Waals surface area (Å²) in [6, 6.07) is 0. The zero-order valence-corrected chi connectivity index (χ0v) is 43.3. The molecule has 0 aromatic carbocycles. The maximum atomic E-state index is 13.1. The Labute approximate surface area is 409 Å². The molecule has 1 aliphatic carbocycles. The number of rotatable bonds is 41. The van der Waals surface area contributed by atoms with E-state index in [4.69, 9.17) is 18.5 Å². The van der Waals surface area contributed by atoms with E-state index >= 15 is 0 Å². The number of phosphoric ester groups is 3. The van der Waals surface area contributed by atoms with Gasteiger partial charge in [-0.1, -0.05) is 132 Å². The standard InChI is InChI=1S/C47H83O19P3/c1-3-5-7-9-11-13-15-17-19-20-22-23-25-27-29-31-33-35-40(48)61-37-39(63-41(49)36-34-32-30-28-26-24-21-18-16-14-12-10-8-6-4-2)38-62-69(59,60)66-45-42(50)43(51)46(64-67(53,54)55)47(44(45)52)65-68(56,57)58/h11-14,17-19,21-23,39,42-47,50-52H,3-10,15-16,20,24-38H2,1-2H3,(H,59,60)(H2,53,54,55)(H2,56,57,58)/b13-11-,14-12-,19-17-,21-18-,23-22-/t39-,42?,43?,44?,45+,46?,47+/m1/s1. The average molecular weight is 1050 g/mol. The van der Waals surface area contributed by atoms with E-state index in [0.717, 1.165) is 89.9 Å². The van der Waals surface area contributed by atoms with Crippen molar-refractivity contribution in [2.75, 3.05) is 13.2 Å². The third kappa shape index (κ3) is 34.8. The molecule has 1 aliphatic rings. The number of carbonyl (C=O) groups excluding carboxylic acids is 2. The Morgan fingerprint density at radius 3 is 1.29 bits per heavy atom. The van der Waals surface area contributed by atoms with E-state index in [1.807, 2.05) is 0 Å². The fourth-order valence-electron chi connectivity index (χ4n) is 7.09. The number of allylic oxidation sites excluding steroid dienone is 10. The predicted octanol–water partition coefficient (Wildman–Crippen LogP) is 9.18. The Kier molecular flexibility index (Phi) is 36.2. The fourth-order valence-corrected chi connectivity index (χ4v) is 9.19. The molecule has 8 N–H and O–H groups in total. The monoisotopic (exact) mass is 1040 g/mol. The molecule has 69 heavy (non-hydrogen) atoms. The van der Waals surface area contributed by atoms with Gasteiger partial charge in [0.1, 0.15) is 43.2 Å². The van der Waals surface area contributed by atoms with Crippen LogP contribution in [0.2, 0.25) is 0 Å². The highest BCUT2D eigenvalue weighted by Gasteiger charge is 2.56. The lowest BCUT2D eigenvalue weighted by Crippen LogP contribution is -2.65. The number of aliphatic hydroxyl groups excluding tert-OH is 3. The number of unbranched alkanes of at least 4 members (excludes halogenated alkanes) is 15. The minimum absolute atomic E-state index is 0.0257. The van der Waals surface area contributed by atoms with E-state index in [9.17, 15) is 63.1 Å². The lowest BCUT2D eigenvalue weighted by Gasteiger charge is -2.44. The number of hydrogen-bond donors (Lipinski definition) is 8. The fraction of sp³-hybridized carbons (Fsp3) is 0.745. The summed E-state index contributed by atoms with van der Waals surface area (Å²) in [4.78, 5) is 73.3. The van der Waals surface area contributed by atoms with Crippen LogP contribution in [0.4, 0.5) is 0 Å². The number of aliphatic hydroxyl groups is 3. The lowest BCUT2D eigenvalue weighted by atomic mass is 9.85. The zero-order chi connectivity index (χ0) is 51.4. The first-order valence-electron chi connectivity index (χ1n) is 24.6. The summed E-state index contributed by atoms with van der Waals surface area (Å²) in [6.07, 6.45) is 26.6. The molecule has 1 rings (SSSR count). The van der Waals surface area contributed by atoms with Crippen LogP contribution in [0.3, 0.4) is 0 Å². The zero-order valence-electron chi connectivity index (χ0n) is 40.6. The van der Waals surface area contributed by atoms with Crippen molar-refractivity contribution in [1.82, 2.24) is 0 Å². The van der Waals surface area contributed by atoms with Crippen LogP contribution in [0.5, 0.6) is 0 Å². The summed E-state index contributed by atoms with van der Waals surface area (Å²) in [5.74, 6) is -1.34. The van der Waals surface area contributed by atoms with Gasteiger partial charge in [-0.3, -0.25) is 27.7 Å². The molecule has 22 heteroatoms. The van der Waals surface area contributed by atoms with Gasteiger partial charge in [0.2, 0.25) is 0 Å². The first kappa shape index (κ1) is 64.9. The van der Waals surface area contributed by atoms with Crippen molar-refractivity contribution in [3.8, 4) is 0 Å². The summed E-state index contributed by atoms with van der Waals surface area (Å²) < 4.78 is 65.5. The van der Waals surface area contributed by atoms with E-state index < -0.39 is 91.3 Å². The summed E-state index contributed by atoms with van der Waals surface area (Å²) >= 11 is 0. The van der Waals surface area contributed by atoms with Crippen molar-refractivity contribution in [1.29, 1.82) is 0 Å². The van der Waals surface area contributed by atoms with Gasteiger partial charge in [0, 0.05) is 12.8 Å². The number of phosphoric acid groups is 3. The molecule has 400 valence electrons. The van der Waals surface area contributed by atoms with Crippen LogP contribution in [0, 0.1) is 0 Å². The van der Waals surface area contributed by atoms with Gasteiger partial charge in [0.15, 0.2) is 6.10 Å². The Balaban J connectivity index is 2.74. The van der Waals surface area contributed by atoms with E-state index in [1.54, 1.807) is 0 Å². The first-order valence-corrected chi connectivity index (χ1v) is 29.1. The highest BCUT2D eigenvalue weighted by Crippen LogP contribution is 2.51. The van der Waals surface area contributed by atoms with Crippen molar-refractivity contribution >= 4 is 35.4 Å². The SMILES string of the molecule is CCCCC/C=C\C/C=C\C/C=C\CCCCCCC(=O)OC[C@H](COP(=O)(O)O[C@H]1C(O)C(O)C(OP(=O)(O)O)[C@@H](OP(=O)(O)O)C1O)OC(=O)CCCCCCC/C=C\C/C=C\CCCCC. The number of esters is 2. The third-order valence-electron chi connectivity index (χ3n) is 10.8. The topological polar surface area (TPSA) is 303 Å². The van der Waals surface area contributed by atoms with Crippen molar-refractivity contribution in [2.24, 2.45) is 0 Å². The van der Waals surface area contributed by atoms with E-state index in [0.29, 0.717) is 12.8 Å². The van der Waals surface area contributed by atoms with Crippen LogP contribution in [0.1, 0.15) is 168 Å². The van der Waals surface area contributed by atoms with Gasteiger partial charge in [-0.25, -0.2) is 13.7 Å². The van der Waals surface area contributed by atoms with Gasteiger partial charge in [-0.2, -0.15) is 0 Å². The molecule has 19 nitrogen and oxygen atoms in total. The van der Waals surface area contributed by atoms with E-state index in [1.165, 1.54) is 38.5 Å². The van der Waals surface area contributed by atoms with Crippen molar-refractivity contribution in [2.45, 2.75) is 211 Å². The van der Waals surface area contributed by atoms with Crippen LogP contribution in [-0.4, -0.2) is 108 Å². The lowest BCUT2D eigenvalue weighted by molar-refractivity contribution is -0.213. The molecule has 0 aromatic rings. The van der Waals surface area contributed by atoms with Gasteiger partial charge in [0.05, 0.1) is 6.61 Å². The molecule has 5 unspecified atom stereocenters. The molecule has 1 fully saturated rings. The normalized spacial score (nSPS) is 21.8. The van der Waals surface area contributed by atoms with Crippen LogP contribution < -0.4 is 0 Å². The highest BCUT2D eigenvalue weighted by molar-refractivity contribution is 7.47. The predicted molar refractivity (Wildman–Crippen MR) is 261 cm³/mol. The van der Waals surface area contributed by atoms with Crippen molar-refractivity contribution in [3.05, 3.63) is 60.8 Å². The molecular weight excluding hydrogens is 961 g/mol. The van der Waals surface area contributed by atoms with E-state index in [2.05, 4.69) is 83.7 Å². The molecule has 8 atom stereocenters. The van der Waals surface area contributed by atoms with Crippen LogP contribution in [0.25, 0.3) is 0 Å². The smallest absolute Gasteiger partial charge is 0.462 e. The second-order valence-electron chi connectivity index (χ2n) is 17.0. The minimum Gasteiger partial charge on any atom is -0.462 e. The van der Waals surface area contributed by atoms with Crippen LogP contribution >= 0.6 is 23.5 Å². The molecule has 1 saturated carbocycles. The molecule has 0 aliphatic heterocycles. The van der Waals surface area contributed by atoms with E-state index in [-0.39, 0.29) is 12.8 Å². The second kappa shape index (κ2) is 38.5. The molecule has 0 aromatic heterocycles. The molecule has 0 bridgehead atoms. The number of carbonyl (C=O) groups is 2. The maximum Gasteiger partial charge on any atom is 0.472 e. The van der Waals surface area contributed by atoms with Gasteiger partial charge < -0.3 is 49.3 Å². The van der Waals surface area contributed by atoms with Crippen LogP contribution in [0.15, 0.2) is 60.8 Å². The maximum absolute atomic E-state index is 13.1. The largest absolute Gasteiger partial charge is 0.472 e. The highest BCUT2D eigenvalue weighted by atomic mass is 31.2. The Bertz CT molecular complexity index is 1670. The summed E-state index contributed by atoms with van der Waals surface area (Å²) in [5.41, 5.74) is 0. The third-order valence-corrected chi connectivity index (χ3v) is 12.8. The van der Waals surface area contributed by atoms with Gasteiger partial charge in [-0.15, -0.1) is 0 Å². The minimum atomic E-state index is -5.61. The summed E-state index contributed by atoms with van der Waals surface area (Å²) in [7, 11) is -16.6. The first-order chi connectivity index (χ1) is 32.8. The van der Waals surface area contributed by atoms with Crippen molar-refractivity contribution < 1.29 is 90.6 Å². The molecule has 0 saturated heterocycles. The number of ether oxygens (including phenoxy) is 2. The van der Waals surface area contributed by atoms with Gasteiger partial charge in [-0.05, 0) is 83.5 Å². The molecule has 0 radical (unpaired) electrons. The molecular formula is C47H83O19P3. The summed E-state index contributed by atoms with van der Waals surface area (Å²) in [6.45, 7) is 2.86. The summed E-state index contributed by atoms with van der Waals surface area (Å²) in [5, 5.41) is 31.9. The Morgan fingerprint density at radius 1 is 0.464 bits per heavy atom. The second-order valence-corrected chi connectivity index (χ2v) is 20.8. The molecule has 0 heterocycles.